The van der Waals surface area contributed by atoms with Crippen LogP contribution < -0.4 is 11.5 Å². The second-order valence-electron chi connectivity index (χ2n) is 11.7. The number of carbonyl (C=O) groups is 2. The number of aromatic nitrogens is 2. The molecule has 1 spiro atoms. The van der Waals surface area contributed by atoms with Gasteiger partial charge in [0.05, 0.1) is 22.5 Å². The Morgan fingerprint density at radius 3 is 2.52 bits per heavy atom. The first-order valence-corrected chi connectivity index (χ1v) is 13.8. The molecule has 1 aromatic carbocycles. The summed E-state index contributed by atoms with van der Waals surface area (Å²) in [6, 6.07) is 4.45. The lowest BCUT2D eigenvalue weighted by Crippen LogP contribution is -2.60. The summed E-state index contributed by atoms with van der Waals surface area (Å²) in [5.74, 6) is 5.03. The molecule has 0 bridgehead atoms. The Bertz CT molecular complexity index is 1520. The van der Waals surface area contributed by atoms with E-state index >= 15 is 4.39 Å². The number of allylic oxidation sites excluding steroid dienone is 3. The molecule has 0 unspecified atom stereocenters. The van der Waals surface area contributed by atoms with Crippen LogP contribution in [-0.4, -0.2) is 63.5 Å². The van der Waals surface area contributed by atoms with E-state index in [1.807, 2.05) is 27.7 Å². The van der Waals surface area contributed by atoms with E-state index in [1.54, 1.807) is 28.0 Å². The molecule has 2 amide bonds. The van der Waals surface area contributed by atoms with E-state index in [-0.39, 0.29) is 23.0 Å². The SMILES string of the molecule is C=C(N)/C=C\C(C#Cc1c(CC)ncnc1-c1ccc(C(=O)N2CCC3(CN(C(=O)OC(C)(C)C)C3)C2)c(F)c1)=C/N. The van der Waals surface area contributed by atoms with Gasteiger partial charge >= 0.3 is 6.09 Å². The van der Waals surface area contributed by atoms with Crippen LogP contribution in [0.4, 0.5) is 9.18 Å². The van der Waals surface area contributed by atoms with E-state index in [2.05, 4.69) is 28.4 Å². The standard InChI is InChI=1S/C32H37FN6O3/c1-6-27-25(11-9-22(16-34)8-7-21(2)35)28(37-20-36-27)23-10-12-24(26(33)15-23)29(40)38-14-13-32(17-38)18-39(19-32)30(41)42-31(3,4)5/h7-8,10,12,15-16,20H,2,6,13-14,17-19,34-35H2,1,3-5H3/b8-7-,22-16+. The summed E-state index contributed by atoms with van der Waals surface area (Å²) in [6.45, 7) is 13.0. The van der Waals surface area contributed by atoms with Crippen molar-refractivity contribution in [2.24, 2.45) is 16.9 Å². The van der Waals surface area contributed by atoms with Gasteiger partial charge in [0.15, 0.2) is 0 Å². The number of hydrogen-bond donors (Lipinski definition) is 2. The minimum Gasteiger partial charge on any atom is -0.444 e. The summed E-state index contributed by atoms with van der Waals surface area (Å²) >= 11 is 0. The summed E-state index contributed by atoms with van der Waals surface area (Å²) in [7, 11) is 0. The molecule has 3 heterocycles. The smallest absolute Gasteiger partial charge is 0.410 e. The van der Waals surface area contributed by atoms with Gasteiger partial charge in [-0.1, -0.05) is 31.4 Å². The molecule has 0 aliphatic carbocycles. The van der Waals surface area contributed by atoms with Gasteiger partial charge in [0.25, 0.3) is 5.91 Å². The predicted octanol–water partition coefficient (Wildman–Crippen LogP) is 4.15. The van der Waals surface area contributed by atoms with Crippen LogP contribution in [0.1, 0.15) is 55.7 Å². The van der Waals surface area contributed by atoms with Crippen molar-refractivity contribution >= 4 is 12.0 Å². The third-order valence-electron chi connectivity index (χ3n) is 7.15. The summed E-state index contributed by atoms with van der Waals surface area (Å²) in [6.07, 6.45) is 6.97. The largest absolute Gasteiger partial charge is 0.444 e. The number of nitrogens with two attached hydrogens (primary N) is 2. The molecule has 2 aliphatic heterocycles. The predicted molar refractivity (Wildman–Crippen MR) is 159 cm³/mol. The number of hydrogen-bond acceptors (Lipinski definition) is 7. The number of aryl methyl sites for hydroxylation is 1. The molecule has 10 heteroatoms. The second-order valence-corrected chi connectivity index (χ2v) is 11.7. The van der Waals surface area contributed by atoms with Crippen molar-refractivity contribution in [2.45, 2.75) is 46.1 Å². The van der Waals surface area contributed by atoms with Gasteiger partial charge in [-0.25, -0.2) is 19.2 Å². The maximum absolute atomic E-state index is 15.5. The van der Waals surface area contributed by atoms with E-state index in [1.165, 1.54) is 24.7 Å². The van der Waals surface area contributed by atoms with Crippen molar-refractivity contribution in [1.29, 1.82) is 0 Å². The van der Waals surface area contributed by atoms with Gasteiger partial charge in [-0.05, 0) is 57.9 Å². The quantitative estimate of drug-likeness (QED) is 0.407. The lowest BCUT2D eigenvalue weighted by atomic mass is 9.79. The number of benzene rings is 1. The first kappa shape index (κ1) is 30.3. The zero-order valence-corrected chi connectivity index (χ0v) is 24.5. The third kappa shape index (κ3) is 6.79. The Kier molecular flexibility index (Phi) is 8.71. The highest BCUT2D eigenvalue weighted by atomic mass is 19.1. The van der Waals surface area contributed by atoms with Crippen LogP contribution in [0.2, 0.25) is 0 Å². The Balaban J connectivity index is 1.52. The number of ether oxygens (including phenoxy) is 1. The minimum atomic E-state index is -0.648. The Hall–Kier alpha value is -4.65. The second kappa shape index (κ2) is 12.1. The average Bonchev–Trinajstić information content (AvgIpc) is 3.37. The molecule has 4 N–H and O–H groups in total. The molecule has 0 atom stereocenters. The van der Waals surface area contributed by atoms with Crippen LogP contribution in [0.5, 0.6) is 0 Å². The lowest BCUT2D eigenvalue weighted by Gasteiger charge is -2.47. The van der Waals surface area contributed by atoms with Gasteiger partial charge in [-0.2, -0.15) is 0 Å². The molecule has 1 aromatic heterocycles. The maximum Gasteiger partial charge on any atom is 0.410 e. The van der Waals surface area contributed by atoms with Gasteiger partial charge in [0.2, 0.25) is 0 Å². The van der Waals surface area contributed by atoms with Crippen molar-refractivity contribution in [3.8, 4) is 23.1 Å². The molecular formula is C32H37FN6O3. The van der Waals surface area contributed by atoms with Crippen LogP contribution in [0.25, 0.3) is 11.3 Å². The maximum atomic E-state index is 15.5. The summed E-state index contributed by atoms with van der Waals surface area (Å²) in [5.41, 5.74) is 13.6. The summed E-state index contributed by atoms with van der Waals surface area (Å²) in [5, 5.41) is 0. The molecule has 2 saturated heterocycles. The fourth-order valence-corrected chi connectivity index (χ4v) is 5.10. The number of rotatable bonds is 5. The Labute approximate surface area is 246 Å². The summed E-state index contributed by atoms with van der Waals surface area (Å²) < 4.78 is 20.9. The van der Waals surface area contributed by atoms with Crippen LogP contribution in [0.15, 0.2) is 60.7 Å². The van der Waals surface area contributed by atoms with Crippen LogP contribution in [-0.2, 0) is 11.2 Å². The Morgan fingerprint density at radius 1 is 1.19 bits per heavy atom. The third-order valence-corrected chi connectivity index (χ3v) is 7.15. The van der Waals surface area contributed by atoms with Gasteiger partial charge in [-0.15, -0.1) is 0 Å². The molecule has 2 aromatic rings. The fourth-order valence-electron chi connectivity index (χ4n) is 5.10. The van der Waals surface area contributed by atoms with Gasteiger partial charge < -0.3 is 26.0 Å². The highest BCUT2D eigenvalue weighted by Crippen LogP contribution is 2.40. The molecular weight excluding hydrogens is 535 g/mol. The van der Waals surface area contributed by atoms with Crippen LogP contribution in [0, 0.1) is 23.1 Å². The number of amides is 2. The van der Waals surface area contributed by atoms with Crippen molar-refractivity contribution < 1.29 is 18.7 Å². The van der Waals surface area contributed by atoms with Crippen molar-refractivity contribution in [3.63, 3.8) is 0 Å². The molecule has 220 valence electrons. The average molecular weight is 573 g/mol. The van der Waals surface area contributed by atoms with E-state index < -0.39 is 11.4 Å². The zero-order valence-electron chi connectivity index (χ0n) is 24.5. The molecule has 9 nitrogen and oxygen atoms in total. The van der Waals surface area contributed by atoms with Gasteiger partial charge in [0, 0.05) is 54.6 Å². The highest BCUT2D eigenvalue weighted by Gasteiger charge is 2.51. The molecule has 0 saturated carbocycles. The molecule has 2 fully saturated rings. The zero-order chi connectivity index (χ0) is 30.7. The molecule has 42 heavy (non-hydrogen) atoms. The molecule has 4 rings (SSSR count). The normalized spacial score (nSPS) is 16.3. The van der Waals surface area contributed by atoms with Gasteiger partial charge in [-0.3, -0.25) is 4.79 Å². The van der Waals surface area contributed by atoms with Crippen molar-refractivity contribution in [3.05, 3.63) is 83.4 Å². The first-order chi connectivity index (χ1) is 19.8. The van der Waals surface area contributed by atoms with Gasteiger partial charge in [0.1, 0.15) is 17.7 Å². The van der Waals surface area contributed by atoms with Crippen molar-refractivity contribution in [1.82, 2.24) is 19.8 Å². The van der Waals surface area contributed by atoms with Crippen molar-refractivity contribution in [2.75, 3.05) is 26.2 Å². The van der Waals surface area contributed by atoms with Crippen LogP contribution >= 0.6 is 0 Å². The van der Waals surface area contributed by atoms with E-state index in [9.17, 15) is 9.59 Å². The number of carbonyl (C=O) groups excluding carboxylic acids is 2. The first-order valence-electron chi connectivity index (χ1n) is 13.8. The van der Waals surface area contributed by atoms with E-state index in [0.29, 0.717) is 66.4 Å². The number of halogens is 1. The number of nitrogens with zero attached hydrogens (tertiary/aromatic N) is 4. The summed E-state index contributed by atoms with van der Waals surface area (Å²) in [4.78, 5) is 37.7. The van der Waals surface area contributed by atoms with E-state index in [4.69, 9.17) is 16.2 Å². The fraction of sp³-hybridized carbons (Fsp3) is 0.375. The topological polar surface area (TPSA) is 128 Å². The number of likely N-dealkylation sites (tertiary alicyclic amines) is 2. The molecule has 0 radical (unpaired) electrons. The minimum absolute atomic E-state index is 0.0166. The molecule has 2 aliphatic rings. The van der Waals surface area contributed by atoms with E-state index in [0.717, 1.165) is 6.42 Å². The Morgan fingerprint density at radius 2 is 1.90 bits per heavy atom. The lowest BCUT2D eigenvalue weighted by molar-refractivity contribution is -0.0297. The highest BCUT2D eigenvalue weighted by molar-refractivity contribution is 5.95. The van der Waals surface area contributed by atoms with Crippen LogP contribution in [0.3, 0.4) is 0 Å². The monoisotopic (exact) mass is 572 g/mol.